The maximum absolute atomic E-state index is 11.8. The Hall–Kier alpha value is -0.130. The maximum Gasteiger partial charge on any atom is 0.215 e. The molecule has 1 fully saturated rings. The Labute approximate surface area is 99.2 Å². The highest BCUT2D eigenvalue weighted by Gasteiger charge is 2.25. The molecule has 0 spiro atoms. The van der Waals surface area contributed by atoms with Crippen LogP contribution in [0.25, 0.3) is 0 Å². The molecule has 1 saturated carbocycles. The fourth-order valence-electron chi connectivity index (χ4n) is 2.28. The van der Waals surface area contributed by atoms with Gasteiger partial charge in [0, 0.05) is 13.1 Å². The second-order valence-corrected chi connectivity index (χ2v) is 7.23. The number of hydrogen-bond donors (Lipinski definition) is 2. The van der Waals surface area contributed by atoms with Crippen molar-refractivity contribution in [1.29, 1.82) is 0 Å². The topological polar surface area (TPSA) is 58.2 Å². The highest BCUT2D eigenvalue weighted by Crippen LogP contribution is 2.29. The minimum Gasteiger partial charge on any atom is -0.318 e. The molecule has 5 heteroatoms. The first-order valence-electron chi connectivity index (χ1n) is 6.08. The zero-order valence-electron chi connectivity index (χ0n) is 10.5. The number of sulfonamides is 1. The van der Waals surface area contributed by atoms with Crippen molar-refractivity contribution in [2.24, 2.45) is 11.8 Å². The van der Waals surface area contributed by atoms with Gasteiger partial charge in [0.15, 0.2) is 0 Å². The monoisotopic (exact) mass is 248 g/mol. The molecule has 3 atom stereocenters. The Balaban J connectivity index is 2.36. The zero-order chi connectivity index (χ0) is 12.2. The fraction of sp³-hybridized carbons (Fsp3) is 1.00. The van der Waals surface area contributed by atoms with Gasteiger partial charge in [-0.3, -0.25) is 0 Å². The van der Waals surface area contributed by atoms with Crippen LogP contribution in [0, 0.1) is 11.8 Å². The second kappa shape index (κ2) is 5.98. The molecule has 0 aromatic heterocycles. The Morgan fingerprint density at radius 3 is 2.56 bits per heavy atom. The van der Waals surface area contributed by atoms with Crippen molar-refractivity contribution in [2.75, 3.05) is 20.1 Å². The standard InChI is InChI=1S/C11H24N2O2S/c1-9-4-5-11(6-9)8-13-16(14,15)10(2)7-12-3/h9-13H,4-8H2,1-3H3. The van der Waals surface area contributed by atoms with Gasteiger partial charge in [-0.15, -0.1) is 0 Å². The lowest BCUT2D eigenvalue weighted by molar-refractivity contribution is 0.494. The van der Waals surface area contributed by atoms with Gasteiger partial charge < -0.3 is 5.32 Å². The highest BCUT2D eigenvalue weighted by molar-refractivity contribution is 7.90. The van der Waals surface area contributed by atoms with E-state index in [1.807, 2.05) is 0 Å². The number of nitrogens with one attached hydrogen (secondary N) is 2. The van der Waals surface area contributed by atoms with Crippen LogP contribution < -0.4 is 10.0 Å². The van der Waals surface area contributed by atoms with Crippen molar-refractivity contribution < 1.29 is 8.42 Å². The van der Waals surface area contributed by atoms with Gasteiger partial charge in [0.2, 0.25) is 10.0 Å². The average molecular weight is 248 g/mol. The van der Waals surface area contributed by atoms with Crippen LogP contribution in [0.15, 0.2) is 0 Å². The van der Waals surface area contributed by atoms with Gasteiger partial charge in [0.05, 0.1) is 5.25 Å². The van der Waals surface area contributed by atoms with E-state index in [9.17, 15) is 8.42 Å². The molecular formula is C11H24N2O2S. The van der Waals surface area contributed by atoms with Gasteiger partial charge in [0.1, 0.15) is 0 Å². The number of rotatable bonds is 6. The summed E-state index contributed by atoms with van der Waals surface area (Å²) in [5.41, 5.74) is 0. The van der Waals surface area contributed by atoms with Crippen LogP contribution in [0.2, 0.25) is 0 Å². The molecule has 0 amide bonds. The summed E-state index contributed by atoms with van der Waals surface area (Å²) in [6.45, 7) is 5.07. The lowest BCUT2D eigenvalue weighted by Crippen LogP contribution is -2.39. The third-order valence-electron chi connectivity index (χ3n) is 3.40. The van der Waals surface area contributed by atoms with E-state index >= 15 is 0 Å². The summed E-state index contributed by atoms with van der Waals surface area (Å²) in [6.07, 6.45) is 3.55. The smallest absolute Gasteiger partial charge is 0.215 e. The first-order chi connectivity index (χ1) is 7.45. The van der Waals surface area contributed by atoms with E-state index in [1.54, 1.807) is 14.0 Å². The molecule has 0 aliphatic heterocycles. The molecule has 3 unspecified atom stereocenters. The van der Waals surface area contributed by atoms with Gasteiger partial charge in [-0.05, 0) is 38.6 Å². The molecule has 16 heavy (non-hydrogen) atoms. The van der Waals surface area contributed by atoms with Gasteiger partial charge in [-0.1, -0.05) is 13.3 Å². The zero-order valence-corrected chi connectivity index (χ0v) is 11.3. The summed E-state index contributed by atoms with van der Waals surface area (Å²) < 4.78 is 26.4. The van der Waals surface area contributed by atoms with E-state index in [0.717, 1.165) is 18.8 Å². The predicted molar refractivity (Wildman–Crippen MR) is 66.8 cm³/mol. The summed E-state index contributed by atoms with van der Waals surface area (Å²) in [4.78, 5) is 0. The quantitative estimate of drug-likeness (QED) is 0.736. The molecule has 1 aliphatic rings. The highest BCUT2D eigenvalue weighted by atomic mass is 32.2. The van der Waals surface area contributed by atoms with Crippen LogP contribution >= 0.6 is 0 Å². The Bertz CT molecular complexity index is 303. The van der Waals surface area contributed by atoms with Crippen LogP contribution in [0.5, 0.6) is 0 Å². The van der Waals surface area contributed by atoms with Crippen molar-refractivity contribution in [2.45, 2.75) is 38.4 Å². The first-order valence-corrected chi connectivity index (χ1v) is 7.63. The van der Waals surface area contributed by atoms with E-state index in [-0.39, 0.29) is 5.25 Å². The van der Waals surface area contributed by atoms with Crippen molar-refractivity contribution in [3.63, 3.8) is 0 Å². The van der Waals surface area contributed by atoms with Crippen LogP contribution in [0.3, 0.4) is 0 Å². The van der Waals surface area contributed by atoms with Crippen molar-refractivity contribution in [3.05, 3.63) is 0 Å². The summed E-state index contributed by atoms with van der Waals surface area (Å²) >= 11 is 0. The average Bonchev–Trinajstić information content (AvgIpc) is 2.62. The summed E-state index contributed by atoms with van der Waals surface area (Å²) in [5.74, 6) is 1.29. The summed E-state index contributed by atoms with van der Waals surface area (Å²) in [6, 6.07) is 0. The minimum absolute atomic E-state index is 0.365. The second-order valence-electron chi connectivity index (χ2n) is 5.05. The third-order valence-corrected chi connectivity index (χ3v) is 5.19. The molecule has 2 N–H and O–H groups in total. The van der Waals surface area contributed by atoms with Gasteiger partial charge >= 0.3 is 0 Å². The Kier molecular flexibility index (Phi) is 5.21. The summed E-state index contributed by atoms with van der Waals surface area (Å²) in [5, 5.41) is 2.52. The molecular weight excluding hydrogens is 224 g/mol. The van der Waals surface area contributed by atoms with E-state index in [4.69, 9.17) is 0 Å². The van der Waals surface area contributed by atoms with Gasteiger partial charge in [-0.25, -0.2) is 13.1 Å². The van der Waals surface area contributed by atoms with E-state index < -0.39 is 10.0 Å². The lowest BCUT2D eigenvalue weighted by atomic mass is 10.1. The molecule has 0 bridgehead atoms. The molecule has 0 heterocycles. The number of hydrogen-bond acceptors (Lipinski definition) is 3. The predicted octanol–water partition coefficient (Wildman–Crippen LogP) is 0.950. The first kappa shape index (κ1) is 13.9. The van der Waals surface area contributed by atoms with Crippen molar-refractivity contribution >= 4 is 10.0 Å². The van der Waals surface area contributed by atoms with Crippen LogP contribution in [-0.4, -0.2) is 33.8 Å². The van der Waals surface area contributed by atoms with E-state index in [0.29, 0.717) is 19.0 Å². The molecule has 0 saturated heterocycles. The normalized spacial score (nSPS) is 28.2. The van der Waals surface area contributed by atoms with Crippen LogP contribution in [0.4, 0.5) is 0 Å². The Morgan fingerprint density at radius 1 is 1.38 bits per heavy atom. The molecule has 0 aromatic carbocycles. The molecule has 1 rings (SSSR count). The van der Waals surface area contributed by atoms with E-state index in [2.05, 4.69) is 17.0 Å². The molecule has 0 aromatic rings. The lowest BCUT2D eigenvalue weighted by Gasteiger charge is -2.16. The fourth-order valence-corrected chi connectivity index (χ4v) is 3.42. The SMILES string of the molecule is CNCC(C)S(=O)(=O)NCC1CCC(C)C1. The third kappa shape index (κ3) is 4.03. The van der Waals surface area contributed by atoms with Crippen LogP contribution in [0.1, 0.15) is 33.1 Å². The summed E-state index contributed by atoms with van der Waals surface area (Å²) in [7, 11) is -1.37. The van der Waals surface area contributed by atoms with E-state index in [1.165, 1.54) is 6.42 Å². The van der Waals surface area contributed by atoms with Crippen molar-refractivity contribution in [1.82, 2.24) is 10.0 Å². The molecule has 1 aliphatic carbocycles. The largest absolute Gasteiger partial charge is 0.318 e. The van der Waals surface area contributed by atoms with Crippen molar-refractivity contribution in [3.8, 4) is 0 Å². The molecule has 0 radical (unpaired) electrons. The van der Waals surface area contributed by atoms with Gasteiger partial charge in [-0.2, -0.15) is 0 Å². The maximum atomic E-state index is 11.8. The van der Waals surface area contributed by atoms with Gasteiger partial charge in [0.25, 0.3) is 0 Å². The minimum atomic E-state index is -3.14. The molecule has 4 nitrogen and oxygen atoms in total. The van der Waals surface area contributed by atoms with Crippen LogP contribution in [-0.2, 0) is 10.0 Å². The molecule has 96 valence electrons. The Morgan fingerprint density at radius 2 is 2.06 bits per heavy atom.